The third kappa shape index (κ3) is 4.00. The lowest BCUT2D eigenvalue weighted by Crippen LogP contribution is -2.11. The van der Waals surface area contributed by atoms with Crippen LogP contribution in [0.25, 0.3) is 10.8 Å². The molecule has 3 aromatic rings. The average molecular weight is 366 g/mol. The molecule has 132 valence electrons. The highest BCUT2D eigenvalue weighted by Gasteiger charge is 2.21. The van der Waals surface area contributed by atoms with Crippen molar-refractivity contribution in [1.82, 2.24) is 0 Å². The molecule has 0 atom stereocenters. The van der Waals surface area contributed by atoms with E-state index in [0.29, 0.717) is 17.4 Å². The zero-order valence-electron chi connectivity index (χ0n) is 14.4. The van der Waals surface area contributed by atoms with Gasteiger partial charge in [-0.1, -0.05) is 18.2 Å². The molecular weight excluding hydrogens is 346 g/mol. The summed E-state index contributed by atoms with van der Waals surface area (Å²) in [4.78, 5) is 12.5. The number of alkyl halides is 1. The van der Waals surface area contributed by atoms with Crippen molar-refractivity contribution < 1.29 is 9.53 Å². The summed E-state index contributed by atoms with van der Waals surface area (Å²) in [6.45, 7) is 0.772. The van der Waals surface area contributed by atoms with Crippen molar-refractivity contribution in [3.05, 3.63) is 71.8 Å². The summed E-state index contributed by atoms with van der Waals surface area (Å²) < 4.78 is 5.71. The fourth-order valence-electron chi connectivity index (χ4n) is 2.86. The Balaban J connectivity index is 1.44. The number of ether oxygens (including phenoxy) is 1. The van der Waals surface area contributed by atoms with Gasteiger partial charge in [0.1, 0.15) is 5.75 Å². The minimum absolute atomic E-state index is 0.129. The summed E-state index contributed by atoms with van der Waals surface area (Å²) >= 11 is 5.88. The van der Waals surface area contributed by atoms with Gasteiger partial charge in [0.25, 0.3) is 5.91 Å². The monoisotopic (exact) mass is 365 g/mol. The van der Waals surface area contributed by atoms with Crippen LogP contribution in [0.1, 0.15) is 28.8 Å². The minimum atomic E-state index is -0.129. The SMILES string of the molecule is O=C(Nc1ccc2cc(CCl)ccc2c1)c1ccc(OCC2CC2)cc1. The van der Waals surface area contributed by atoms with Gasteiger partial charge in [0, 0.05) is 17.1 Å². The van der Waals surface area contributed by atoms with Crippen molar-refractivity contribution in [1.29, 1.82) is 0 Å². The number of hydrogen-bond acceptors (Lipinski definition) is 2. The predicted molar refractivity (Wildman–Crippen MR) is 106 cm³/mol. The van der Waals surface area contributed by atoms with E-state index in [4.69, 9.17) is 16.3 Å². The highest BCUT2D eigenvalue weighted by atomic mass is 35.5. The Morgan fingerprint density at radius 2 is 1.73 bits per heavy atom. The van der Waals surface area contributed by atoms with Crippen LogP contribution < -0.4 is 10.1 Å². The Hall–Kier alpha value is -2.52. The number of carbonyl (C=O) groups is 1. The summed E-state index contributed by atoms with van der Waals surface area (Å²) in [7, 11) is 0. The molecule has 1 N–H and O–H groups in total. The van der Waals surface area contributed by atoms with Crippen LogP contribution in [-0.2, 0) is 5.88 Å². The van der Waals surface area contributed by atoms with Crippen molar-refractivity contribution in [2.45, 2.75) is 18.7 Å². The maximum atomic E-state index is 12.5. The highest BCUT2D eigenvalue weighted by Crippen LogP contribution is 2.29. The van der Waals surface area contributed by atoms with E-state index in [0.717, 1.165) is 34.4 Å². The summed E-state index contributed by atoms with van der Waals surface area (Å²) in [6.07, 6.45) is 2.53. The lowest BCUT2D eigenvalue weighted by Gasteiger charge is -2.09. The smallest absolute Gasteiger partial charge is 0.255 e. The summed E-state index contributed by atoms with van der Waals surface area (Å²) in [5, 5.41) is 5.13. The average Bonchev–Trinajstić information content (AvgIpc) is 3.51. The predicted octanol–water partition coefficient (Wildman–Crippen LogP) is 5.62. The molecule has 0 spiro atoms. The van der Waals surface area contributed by atoms with Gasteiger partial charge in [0.05, 0.1) is 6.61 Å². The number of hydrogen-bond donors (Lipinski definition) is 1. The van der Waals surface area contributed by atoms with Crippen molar-refractivity contribution in [3.8, 4) is 5.75 Å². The van der Waals surface area contributed by atoms with Crippen LogP contribution in [0.5, 0.6) is 5.75 Å². The van der Waals surface area contributed by atoms with Crippen LogP contribution in [0.15, 0.2) is 60.7 Å². The minimum Gasteiger partial charge on any atom is -0.493 e. The zero-order valence-corrected chi connectivity index (χ0v) is 15.1. The number of amides is 1. The van der Waals surface area contributed by atoms with Gasteiger partial charge < -0.3 is 10.1 Å². The van der Waals surface area contributed by atoms with Gasteiger partial charge in [-0.05, 0) is 77.6 Å². The molecule has 1 saturated carbocycles. The molecule has 3 aromatic carbocycles. The summed E-state index contributed by atoms with van der Waals surface area (Å²) in [5.74, 6) is 1.89. The lowest BCUT2D eigenvalue weighted by molar-refractivity contribution is 0.102. The number of anilines is 1. The second-order valence-corrected chi connectivity index (χ2v) is 7.03. The maximum Gasteiger partial charge on any atom is 0.255 e. The van der Waals surface area contributed by atoms with E-state index < -0.39 is 0 Å². The van der Waals surface area contributed by atoms with Gasteiger partial charge in [-0.3, -0.25) is 4.79 Å². The lowest BCUT2D eigenvalue weighted by atomic mass is 10.1. The van der Waals surface area contributed by atoms with E-state index in [-0.39, 0.29) is 5.91 Å². The number of rotatable bonds is 6. The van der Waals surface area contributed by atoms with Gasteiger partial charge in [-0.2, -0.15) is 0 Å². The first kappa shape index (κ1) is 16.9. The standard InChI is InChI=1S/C22H20ClNO2/c23-13-16-3-4-19-12-20(8-5-18(19)11-16)24-22(25)17-6-9-21(10-7-17)26-14-15-1-2-15/h3-12,15H,1-2,13-14H2,(H,24,25). The molecule has 0 unspecified atom stereocenters. The van der Waals surface area contributed by atoms with E-state index in [1.54, 1.807) is 12.1 Å². The van der Waals surface area contributed by atoms with Crippen LogP contribution in [0.2, 0.25) is 0 Å². The molecule has 1 aliphatic rings. The third-order valence-electron chi connectivity index (χ3n) is 4.62. The van der Waals surface area contributed by atoms with Crippen LogP contribution in [-0.4, -0.2) is 12.5 Å². The van der Waals surface area contributed by atoms with Gasteiger partial charge in [-0.15, -0.1) is 11.6 Å². The molecule has 1 aliphatic carbocycles. The van der Waals surface area contributed by atoms with Crippen LogP contribution in [0, 0.1) is 5.92 Å². The normalized spacial score (nSPS) is 13.6. The summed E-state index contributed by atoms with van der Waals surface area (Å²) in [5.41, 5.74) is 2.47. The highest BCUT2D eigenvalue weighted by molar-refractivity contribution is 6.17. The largest absolute Gasteiger partial charge is 0.493 e. The number of benzene rings is 3. The fourth-order valence-corrected chi connectivity index (χ4v) is 3.03. The van der Waals surface area contributed by atoms with Crippen molar-refractivity contribution in [2.75, 3.05) is 11.9 Å². The number of halogens is 1. The van der Waals surface area contributed by atoms with Crippen LogP contribution in [0.3, 0.4) is 0 Å². The molecule has 1 amide bonds. The Labute approximate surface area is 157 Å². The molecule has 1 fully saturated rings. The second-order valence-electron chi connectivity index (χ2n) is 6.76. The first-order chi connectivity index (χ1) is 12.7. The summed E-state index contributed by atoms with van der Waals surface area (Å²) in [6, 6.07) is 19.3. The second kappa shape index (κ2) is 7.38. The molecule has 0 aromatic heterocycles. The molecular formula is C22H20ClNO2. The van der Waals surface area contributed by atoms with Gasteiger partial charge in [0.2, 0.25) is 0 Å². The first-order valence-corrected chi connectivity index (χ1v) is 9.37. The van der Waals surface area contributed by atoms with Crippen LogP contribution >= 0.6 is 11.6 Å². The molecule has 0 bridgehead atoms. The molecule has 0 aliphatic heterocycles. The molecule has 26 heavy (non-hydrogen) atoms. The van der Waals surface area contributed by atoms with Crippen LogP contribution in [0.4, 0.5) is 5.69 Å². The Morgan fingerprint density at radius 1 is 1.00 bits per heavy atom. The van der Waals surface area contributed by atoms with Gasteiger partial charge in [-0.25, -0.2) is 0 Å². The van der Waals surface area contributed by atoms with E-state index >= 15 is 0 Å². The van der Waals surface area contributed by atoms with E-state index in [1.807, 2.05) is 42.5 Å². The molecule has 3 nitrogen and oxygen atoms in total. The number of fused-ring (bicyclic) bond motifs is 1. The topological polar surface area (TPSA) is 38.3 Å². The number of carbonyl (C=O) groups excluding carboxylic acids is 1. The van der Waals surface area contributed by atoms with Crippen molar-refractivity contribution in [2.24, 2.45) is 5.92 Å². The Morgan fingerprint density at radius 3 is 2.46 bits per heavy atom. The first-order valence-electron chi connectivity index (χ1n) is 8.84. The Bertz CT molecular complexity index is 933. The zero-order chi connectivity index (χ0) is 17.9. The molecule has 4 rings (SSSR count). The van der Waals surface area contributed by atoms with E-state index in [2.05, 4.69) is 11.4 Å². The molecule has 4 heteroatoms. The van der Waals surface area contributed by atoms with Crippen molar-refractivity contribution >= 4 is 34.0 Å². The van der Waals surface area contributed by atoms with Crippen molar-refractivity contribution in [3.63, 3.8) is 0 Å². The van der Waals surface area contributed by atoms with Gasteiger partial charge in [0.15, 0.2) is 0 Å². The fraction of sp³-hybridized carbons (Fsp3) is 0.227. The Kier molecular flexibility index (Phi) is 4.81. The van der Waals surface area contributed by atoms with E-state index in [1.165, 1.54) is 12.8 Å². The number of nitrogens with one attached hydrogen (secondary N) is 1. The quantitative estimate of drug-likeness (QED) is 0.576. The van der Waals surface area contributed by atoms with E-state index in [9.17, 15) is 4.79 Å². The molecule has 0 heterocycles. The third-order valence-corrected chi connectivity index (χ3v) is 4.92. The molecule has 0 saturated heterocycles. The maximum absolute atomic E-state index is 12.5. The molecule has 0 radical (unpaired) electrons. The van der Waals surface area contributed by atoms with Gasteiger partial charge >= 0.3 is 0 Å².